The van der Waals surface area contributed by atoms with E-state index in [-0.39, 0.29) is 18.6 Å². The van der Waals surface area contributed by atoms with Crippen LogP contribution in [0.4, 0.5) is 0 Å². The van der Waals surface area contributed by atoms with Gasteiger partial charge in [-0.2, -0.15) is 5.10 Å². The molecule has 1 N–H and O–H groups in total. The van der Waals surface area contributed by atoms with Crippen molar-refractivity contribution in [3.05, 3.63) is 42.1 Å². The molecule has 1 aliphatic heterocycles. The van der Waals surface area contributed by atoms with Gasteiger partial charge in [-0.1, -0.05) is 6.92 Å². The van der Waals surface area contributed by atoms with Crippen LogP contribution in [0.25, 0.3) is 0 Å². The summed E-state index contributed by atoms with van der Waals surface area (Å²) in [6.07, 6.45) is 4.46. The van der Waals surface area contributed by atoms with Crippen LogP contribution in [-0.2, 0) is 6.54 Å². The van der Waals surface area contributed by atoms with Crippen LogP contribution in [0, 0.1) is 5.92 Å². The first-order chi connectivity index (χ1) is 10.2. The molecule has 3 heterocycles. The molecule has 2 unspecified atom stereocenters. The van der Waals surface area contributed by atoms with Crippen LogP contribution in [0.1, 0.15) is 29.7 Å². The lowest BCUT2D eigenvalue weighted by molar-refractivity contribution is 0.0615. The predicted octanol–water partition coefficient (Wildman–Crippen LogP) is 1.37. The third-order valence-electron chi connectivity index (χ3n) is 4.08. The lowest BCUT2D eigenvalue weighted by Gasteiger charge is -2.24. The number of likely N-dealkylation sites (tertiary alicyclic amines) is 1. The van der Waals surface area contributed by atoms with E-state index < -0.39 is 0 Å². The average Bonchev–Trinajstić information content (AvgIpc) is 3.19. The Balaban J connectivity index is 1.72. The SMILES string of the molecule is CC1CCN(C(=O)c2ccc(Cn3cccn3)o2)C1CO. The van der Waals surface area contributed by atoms with Crippen molar-refractivity contribution in [3.63, 3.8) is 0 Å². The Morgan fingerprint density at radius 3 is 3.10 bits per heavy atom. The van der Waals surface area contributed by atoms with Crippen molar-refractivity contribution < 1.29 is 14.3 Å². The molecule has 1 aliphatic rings. The number of rotatable bonds is 4. The van der Waals surface area contributed by atoms with Gasteiger partial charge in [-0.15, -0.1) is 0 Å². The van der Waals surface area contributed by atoms with Crippen LogP contribution >= 0.6 is 0 Å². The van der Waals surface area contributed by atoms with E-state index in [0.29, 0.717) is 30.5 Å². The van der Waals surface area contributed by atoms with Crippen molar-refractivity contribution >= 4 is 5.91 Å². The van der Waals surface area contributed by atoms with Gasteiger partial charge in [0, 0.05) is 18.9 Å². The highest BCUT2D eigenvalue weighted by Gasteiger charge is 2.35. The van der Waals surface area contributed by atoms with Crippen molar-refractivity contribution in [2.24, 2.45) is 5.92 Å². The van der Waals surface area contributed by atoms with E-state index >= 15 is 0 Å². The van der Waals surface area contributed by atoms with Gasteiger partial charge in [-0.25, -0.2) is 0 Å². The summed E-state index contributed by atoms with van der Waals surface area (Å²) in [5, 5.41) is 13.5. The summed E-state index contributed by atoms with van der Waals surface area (Å²) in [5.41, 5.74) is 0. The van der Waals surface area contributed by atoms with Crippen molar-refractivity contribution in [2.45, 2.75) is 25.9 Å². The summed E-state index contributed by atoms with van der Waals surface area (Å²) in [4.78, 5) is 14.2. The minimum absolute atomic E-state index is 0.00619. The first-order valence-electron chi connectivity index (χ1n) is 7.17. The Bertz CT molecular complexity index is 605. The lowest BCUT2D eigenvalue weighted by atomic mass is 10.0. The van der Waals surface area contributed by atoms with E-state index in [2.05, 4.69) is 12.0 Å². The number of aliphatic hydroxyl groups excluding tert-OH is 1. The Labute approximate surface area is 123 Å². The highest BCUT2D eigenvalue weighted by Crippen LogP contribution is 2.25. The molecular formula is C15H19N3O3. The van der Waals surface area contributed by atoms with E-state index in [1.54, 1.807) is 27.9 Å². The second-order valence-electron chi connectivity index (χ2n) is 5.48. The van der Waals surface area contributed by atoms with Crippen molar-refractivity contribution in [2.75, 3.05) is 13.2 Å². The molecule has 3 rings (SSSR count). The van der Waals surface area contributed by atoms with E-state index in [1.165, 1.54) is 0 Å². The molecule has 112 valence electrons. The van der Waals surface area contributed by atoms with Gasteiger partial charge in [0.15, 0.2) is 5.76 Å². The summed E-state index contributed by atoms with van der Waals surface area (Å²) in [7, 11) is 0. The number of aliphatic hydroxyl groups is 1. The van der Waals surface area contributed by atoms with Gasteiger partial charge < -0.3 is 14.4 Å². The van der Waals surface area contributed by atoms with E-state index in [9.17, 15) is 9.90 Å². The normalized spacial score (nSPS) is 21.9. The van der Waals surface area contributed by atoms with Crippen LogP contribution in [0.2, 0.25) is 0 Å². The average molecular weight is 289 g/mol. The third kappa shape index (κ3) is 2.71. The fourth-order valence-corrected chi connectivity index (χ4v) is 2.81. The Hall–Kier alpha value is -2.08. The van der Waals surface area contributed by atoms with E-state index in [1.807, 2.05) is 12.3 Å². The molecule has 0 aliphatic carbocycles. The van der Waals surface area contributed by atoms with Crippen LogP contribution < -0.4 is 0 Å². The number of amides is 1. The Kier molecular flexibility index (Phi) is 3.79. The van der Waals surface area contributed by atoms with Gasteiger partial charge in [0.2, 0.25) is 0 Å². The Morgan fingerprint density at radius 2 is 2.38 bits per heavy atom. The first kappa shape index (κ1) is 13.9. The zero-order valence-electron chi connectivity index (χ0n) is 12.0. The molecule has 6 nitrogen and oxygen atoms in total. The number of nitrogens with zero attached hydrogens (tertiary/aromatic N) is 3. The van der Waals surface area contributed by atoms with Crippen molar-refractivity contribution in [3.8, 4) is 0 Å². The van der Waals surface area contributed by atoms with Gasteiger partial charge in [-0.3, -0.25) is 9.48 Å². The maximum Gasteiger partial charge on any atom is 0.289 e. The zero-order chi connectivity index (χ0) is 14.8. The summed E-state index contributed by atoms with van der Waals surface area (Å²) < 4.78 is 7.36. The monoisotopic (exact) mass is 289 g/mol. The molecule has 0 bridgehead atoms. The zero-order valence-corrected chi connectivity index (χ0v) is 12.0. The molecule has 2 aromatic rings. The maximum absolute atomic E-state index is 12.5. The largest absolute Gasteiger partial charge is 0.454 e. The molecule has 1 saturated heterocycles. The maximum atomic E-state index is 12.5. The molecule has 1 amide bonds. The highest BCUT2D eigenvalue weighted by molar-refractivity contribution is 5.92. The summed E-state index contributed by atoms with van der Waals surface area (Å²) in [6, 6.07) is 5.21. The summed E-state index contributed by atoms with van der Waals surface area (Å²) in [5.74, 6) is 1.18. The Morgan fingerprint density at radius 1 is 1.52 bits per heavy atom. The van der Waals surface area contributed by atoms with Gasteiger partial charge in [0.25, 0.3) is 5.91 Å². The fraction of sp³-hybridized carbons (Fsp3) is 0.467. The number of furan rings is 1. The minimum Gasteiger partial charge on any atom is -0.454 e. The van der Waals surface area contributed by atoms with Gasteiger partial charge in [0.05, 0.1) is 19.2 Å². The molecule has 6 heteroatoms. The van der Waals surface area contributed by atoms with Crippen molar-refractivity contribution in [1.82, 2.24) is 14.7 Å². The van der Waals surface area contributed by atoms with Crippen molar-refractivity contribution in [1.29, 1.82) is 0 Å². The van der Waals surface area contributed by atoms with Gasteiger partial charge in [0.1, 0.15) is 5.76 Å². The third-order valence-corrected chi connectivity index (χ3v) is 4.08. The molecular weight excluding hydrogens is 270 g/mol. The van der Waals surface area contributed by atoms with Crippen LogP contribution in [0.3, 0.4) is 0 Å². The number of hydrogen-bond donors (Lipinski definition) is 1. The second-order valence-corrected chi connectivity index (χ2v) is 5.48. The number of aromatic nitrogens is 2. The highest BCUT2D eigenvalue weighted by atomic mass is 16.4. The predicted molar refractivity (Wildman–Crippen MR) is 75.7 cm³/mol. The topological polar surface area (TPSA) is 71.5 Å². The number of hydrogen-bond acceptors (Lipinski definition) is 4. The fourth-order valence-electron chi connectivity index (χ4n) is 2.81. The smallest absolute Gasteiger partial charge is 0.289 e. The standard InChI is InChI=1S/C15H19N3O3/c1-11-5-8-18(13(11)10-19)15(20)14-4-3-12(21-14)9-17-7-2-6-16-17/h2-4,6-7,11,13,19H,5,8-10H2,1H3. The molecule has 0 radical (unpaired) electrons. The molecule has 2 aromatic heterocycles. The summed E-state index contributed by atoms with van der Waals surface area (Å²) in [6.45, 7) is 3.22. The molecule has 21 heavy (non-hydrogen) atoms. The van der Waals surface area contributed by atoms with Gasteiger partial charge >= 0.3 is 0 Å². The van der Waals surface area contributed by atoms with E-state index in [4.69, 9.17) is 4.42 Å². The lowest BCUT2D eigenvalue weighted by Crippen LogP contribution is -2.39. The molecule has 0 aromatic carbocycles. The van der Waals surface area contributed by atoms with Crippen LogP contribution in [0.15, 0.2) is 35.0 Å². The quantitative estimate of drug-likeness (QED) is 0.922. The second kappa shape index (κ2) is 5.73. The molecule has 0 saturated carbocycles. The number of carbonyl (C=O) groups excluding carboxylic acids is 1. The minimum atomic E-state index is -0.148. The first-order valence-corrected chi connectivity index (χ1v) is 7.17. The summed E-state index contributed by atoms with van der Waals surface area (Å²) >= 11 is 0. The molecule has 1 fully saturated rings. The molecule has 2 atom stereocenters. The van der Waals surface area contributed by atoms with Crippen LogP contribution in [-0.4, -0.2) is 44.9 Å². The molecule has 0 spiro atoms. The van der Waals surface area contributed by atoms with Gasteiger partial charge in [-0.05, 0) is 30.5 Å². The number of carbonyl (C=O) groups is 1. The van der Waals surface area contributed by atoms with E-state index in [0.717, 1.165) is 6.42 Å². The van der Waals surface area contributed by atoms with Crippen LogP contribution in [0.5, 0.6) is 0 Å².